The zero-order valence-corrected chi connectivity index (χ0v) is 19.7. The number of piperazine rings is 1. The van der Waals surface area contributed by atoms with Crippen LogP contribution in [0.4, 0.5) is 24.7 Å². The number of hydrogen-bond acceptors (Lipinski definition) is 8. The number of aromatic hydroxyl groups is 1. The first-order valence-corrected chi connectivity index (χ1v) is 11.7. The Kier molecular flexibility index (Phi) is 6.50. The van der Waals surface area contributed by atoms with Gasteiger partial charge in [-0.1, -0.05) is 12.1 Å². The molecule has 2 aliphatic heterocycles. The summed E-state index contributed by atoms with van der Waals surface area (Å²) in [5.41, 5.74) is 6.13. The summed E-state index contributed by atoms with van der Waals surface area (Å²) in [4.78, 5) is 16.0. The average Bonchev–Trinajstić information content (AvgIpc) is 2.86. The zero-order chi connectivity index (χ0) is 26.2. The largest absolute Gasteiger partial charge is 0.507 e. The van der Waals surface area contributed by atoms with Gasteiger partial charge in [-0.15, -0.1) is 10.2 Å². The van der Waals surface area contributed by atoms with Crippen LogP contribution in [0.5, 0.6) is 11.5 Å². The highest BCUT2D eigenvalue weighted by atomic mass is 19.4. The Labute approximate surface area is 210 Å². The number of anilines is 2. The molecule has 0 saturated carbocycles. The minimum atomic E-state index is -4.71. The number of carbonyl (C=O) groups is 1. The number of aromatic nitrogens is 2. The summed E-state index contributed by atoms with van der Waals surface area (Å²) in [5.74, 6) is -0.370. The lowest BCUT2D eigenvalue weighted by Gasteiger charge is -2.41. The number of alkyl halides is 3. The third kappa shape index (κ3) is 5.10. The molecule has 3 heterocycles. The summed E-state index contributed by atoms with van der Waals surface area (Å²) in [7, 11) is 0. The van der Waals surface area contributed by atoms with Crippen LogP contribution in [-0.2, 0) is 6.18 Å². The molecule has 12 heteroatoms. The van der Waals surface area contributed by atoms with E-state index in [1.165, 1.54) is 17.0 Å². The number of carbonyl (C=O) groups excluding carboxylic acids is 1. The van der Waals surface area contributed by atoms with Crippen LogP contribution >= 0.6 is 0 Å². The van der Waals surface area contributed by atoms with Crippen LogP contribution in [0.15, 0.2) is 48.5 Å². The number of para-hydroxylation sites is 1. The van der Waals surface area contributed by atoms with Crippen molar-refractivity contribution in [3.05, 3.63) is 59.7 Å². The highest BCUT2D eigenvalue weighted by Crippen LogP contribution is 2.37. The topological polar surface area (TPSA) is 117 Å². The number of nitrogens with two attached hydrogens (primary N) is 1. The van der Waals surface area contributed by atoms with Gasteiger partial charge >= 0.3 is 6.18 Å². The van der Waals surface area contributed by atoms with Crippen LogP contribution in [0, 0.1) is 0 Å². The molecule has 0 spiro atoms. The molecule has 3 aromatic rings. The van der Waals surface area contributed by atoms with Crippen molar-refractivity contribution in [3.63, 3.8) is 0 Å². The Morgan fingerprint density at radius 2 is 1.81 bits per heavy atom. The smallest absolute Gasteiger partial charge is 0.417 e. The van der Waals surface area contributed by atoms with Gasteiger partial charge in [-0.3, -0.25) is 4.79 Å². The number of hydrogen-bond donors (Lipinski definition) is 3. The van der Waals surface area contributed by atoms with Gasteiger partial charge in [0.25, 0.3) is 5.91 Å². The van der Waals surface area contributed by atoms with Gasteiger partial charge in [0.1, 0.15) is 17.6 Å². The third-order valence-electron chi connectivity index (χ3n) is 6.40. The second kappa shape index (κ2) is 9.77. The van der Waals surface area contributed by atoms with Crippen molar-refractivity contribution in [1.82, 2.24) is 20.4 Å². The Morgan fingerprint density at radius 3 is 2.51 bits per heavy atom. The molecule has 194 valence electrons. The molecular formula is C25H25F3N6O3. The van der Waals surface area contributed by atoms with E-state index >= 15 is 0 Å². The Morgan fingerprint density at radius 1 is 1.08 bits per heavy atom. The van der Waals surface area contributed by atoms with Gasteiger partial charge in [0, 0.05) is 31.7 Å². The number of nitrogen functional groups attached to an aromatic ring is 1. The lowest BCUT2D eigenvalue weighted by Crippen LogP contribution is -2.54. The Balaban J connectivity index is 1.29. The lowest BCUT2D eigenvalue weighted by atomic mass is 10.0. The van der Waals surface area contributed by atoms with E-state index in [9.17, 15) is 23.1 Å². The fourth-order valence-corrected chi connectivity index (χ4v) is 4.42. The minimum absolute atomic E-state index is 0.0320. The van der Waals surface area contributed by atoms with Gasteiger partial charge in [0.05, 0.1) is 35.6 Å². The molecular weight excluding hydrogens is 489 g/mol. The first-order chi connectivity index (χ1) is 17.7. The van der Waals surface area contributed by atoms with Crippen LogP contribution < -0.4 is 20.7 Å². The second-order valence-corrected chi connectivity index (χ2v) is 8.91. The maximum Gasteiger partial charge on any atom is 0.417 e. The number of rotatable bonds is 5. The van der Waals surface area contributed by atoms with E-state index in [-0.39, 0.29) is 22.9 Å². The number of phenols is 1. The summed E-state index contributed by atoms with van der Waals surface area (Å²) in [6.07, 6.45) is -5.10. The number of benzene rings is 2. The molecule has 0 atom stereocenters. The van der Waals surface area contributed by atoms with Crippen molar-refractivity contribution in [1.29, 1.82) is 0 Å². The number of nitrogens with zero attached hydrogens (tertiary/aromatic N) is 4. The van der Waals surface area contributed by atoms with Crippen LogP contribution in [0.3, 0.4) is 0 Å². The fraction of sp³-hybridized carbons (Fsp3) is 0.320. The van der Waals surface area contributed by atoms with E-state index in [1.54, 1.807) is 30.3 Å². The van der Waals surface area contributed by atoms with E-state index in [2.05, 4.69) is 15.5 Å². The maximum atomic E-state index is 13.8. The fourth-order valence-electron chi connectivity index (χ4n) is 4.42. The summed E-state index contributed by atoms with van der Waals surface area (Å²) in [6.45, 7) is 2.50. The SMILES string of the molecule is Nc1nnc(-c2ccccc2O)cc1N1CC(Oc2ccc(C(=O)N3CCNCC3)c(C(F)(F)F)c2)C1. The number of halogens is 3. The Hall–Kier alpha value is -4.06. The average molecular weight is 515 g/mol. The van der Waals surface area contributed by atoms with Gasteiger partial charge in [-0.2, -0.15) is 13.2 Å². The minimum Gasteiger partial charge on any atom is -0.507 e. The number of ether oxygens (including phenoxy) is 1. The molecule has 0 bridgehead atoms. The highest BCUT2D eigenvalue weighted by Gasteiger charge is 2.38. The molecule has 2 aromatic carbocycles. The number of phenolic OH excluding ortho intramolecular Hbond substituents is 1. The van der Waals surface area contributed by atoms with E-state index in [0.717, 1.165) is 6.07 Å². The van der Waals surface area contributed by atoms with Gasteiger partial charge in [0.15, 0.2) is 5.82 Å². The van der Waals surface area contributed by atoms with Crippen LogP contribution in [-0.4, -0.2) is 71.5 Å². The highest BCUT2D eigenvalue weighted by molar-refractivity contribution is 5.96. The number of amides is 1. The predicted octanol–water partition coefficient (Wildman–Crippen LogP) is 2.76. The van der Waals surface area contributed by atoms with Crippen molar-refractivity contribution < 1.29 is 27.8 Å². The van der Waals surface area contributed by atoms with Crippen molar-refractivity contribution in [2.24, 2.45) is 0 Å². The first kappa shape index (κ1) is 24.6. The number of nitrogens with one attached hydrogen (secondary N) is 1. The summed E-state index contributed by atoms with van der Waals surface area (Å²) in [5, 5.41) is 21.2. The van der Waals surface area contributed by atoms with Crippen molar-refractivity contribution >= 4 is 17.4 Å². The van der Waals surface area contributed by atoms with Gasteiger partial charge in [-0.25, -0.2) is 0 Å². The van der Waals surface area contributed by atoms with Gasteiger partial charge < -0.3 is 30.7 Å². The quantitative estimate of drug-likeness (QED) is 0.476. The van der Waals surface area contributed by atoms with E-state index in [4.69, 9.17) is 10.5 Å². The normalized spacial score (nSPS) is 16.4. The lowest BCUT2D eigenvalue weighted by molar-refractivity contribution is -0.138. The van der Waals surface area contributed by atoms with E-state index < -0.39 is 23.8 Å². The van der Waals surface area contributed by atoms with E-state index in [1.807, 2.05) is 4.90 Å². The third-order valence-corrected chi connectivity index (χ3v) is 6.40. The molecule has 37 heavy (non-hydrogen) atoms. The molecule has 9 nitrogen and oxygen atoms in total. The molecule has 0 aliphatic carbocycles. The molecule has 4 N–H and O–H groups in total. The van der Waals surface area contributed by atoms with Crippen LogP contribution in [0.1, 0.15) is 15.9 Å². The standard InChI is InChI=1S/C25H25F3N6O3/c26-25(27,28)19-11-15(5-6-17(19)24(36)33-9-7-30-8-10-33)37-16-13-34(14-16)21-12-20(31-32-23(21)29)18-3-1-2-4-22(18)35/h1-6,11-12,16,30,35H,7-10,13-14H2,(H2,29,32). The molecule has 2 aliphatic rings. The van der Waals surface area contributed by atoms with Crippen molar-refractivity contribution in [2.75, 3.05) is 49.9 Å². The van der Waals surface area contributed by atoms with Gasteiger partial charge in [-0.05, 0) is 36.4 Å². The van der Waals surface area contributed by atoms with Crippen molar-refractivity contribution in [3.8, 4) is 22.8 Å². The summed E-state index contributed by atoms with van der Waals surface area (Å²) >= 11 is 0. The monoisotopic (exact) mass is 514 g/mol. The summed E-state index contributed by atoms with van der Waals surface area (Å²) in [6, 6.07) is 11.9. The molecule has 2 fully saturated rings. The molecule has 0 unspecified atom stereocenters. The molecule has 1 amide bonds. The molecule has 1 aromatic heterocycles. The van der Waals surface area contributed by atoms with Crippen molar-refractivity contribution in [2.45, 2.75) is 12.3 Å². The predicted molar refractivity (Wildman–Crippen MR) is 130 cm³/mol. The second-order valence-electron chi connectivity index (χ2n) is 8.91. The molecule has 2 saturated heterocycles. The Bertz CT molecular complexity index is 1310. The van der Waals surface area contributed by atoms with E-state index in [0.29, 0.717) is 56.2 Å². The maximum absolute atomic E-state index is 13.8. The van der Waals surface area contributed by atoms with Gasteiger partial charge in [0.2, 0.25) is 0 Å². The molecule has 0 radical (unpaired) electrons. The molecule has 5 rings (SSSR count). The zero-order valence-electron chi connectivity index (χ0n) is 19.7. The first-order valence-electron chi connectivity index (χ1n) is 11.7. The van der Waals surface area contributed by atoms with Crippen LogP contribution in [0.2, 0.25) is 0 Å². The summed E-state index contributed by atoms with van der Waals surface area (Å²) < 4.78 is 47.3. The van der Waals surface area contributed by atoms with Crippen LogP contribution in [0.25, 0.3) is 11.3 Å².